The molecule has 68 valence electrons. The summed E-state index contributed by atoms with van der Waals surface area (Å²) in [6, 6.07) is 7.05. The highest BCUT2D eigenvalue weighted by Crippen LogP contribution is 2.17. The standard InChI is InChI=1S/C9H11N3O/c10-6-7-5-8(11)1-2-9(7)12-3-4-13/h1-2,5,12-13H,3-4,11H2. The van der Waals surface area contributed by atoms with Crippen LogP contribution in [0.25, 0.3) is 0 Å². The number of nitrogens with two attached hydrogens (primary N) is 1. The molecule has 0 amide bonds. The summed E-state index contributed by atoms with van der Waals surface area (Å²) in [6.07, 6.45) is 0. The maximum atomic E-state index is 8.73. The van der Waals surface area contributed by atoms with E-state index in [0.717, 1.165) is 0 Å². The van der Waals surface area contributed by atoms with Gasteiger partial charge < -0.3 is 16.2 Å². The molecule has 0 aliphatic carbocycles. The number of benzene rings is 1. The Kier molecular flexibility index (Phi) is 3.12. The fourth-order valence-corrected chi connectivity index (χ4v) is 0.999. The number of hydrogen-bond donors (Lipinski definition) is 3. The van der Waals surface area contributed by atoms with Crippen molar-refractivity contribution in [2.45, 2.75) is 0 Å². The van der Waals surface area contributed by atoms with E-state index in [0.29, 0.717) is 23.5 Å². The van der Waals surface area contributed by atoms with Crippen molar-refractivity contribution < 1.29 is 5.11 Å². The first-order valence-electron chi connectivity index (χ1n) is 3.92. The Morgan fingerprint density at radius 3 is 2.92 bits per heavy atom. The molecule has 4 nitrogen and oxygen atoms in total. The summed E-state index contributed by atoms with van der Waals surface area (Å²) in [5, 5.41) is 20.2. The van der Waals surface area contributed by atoms with Gasteiger partial charge in [0.15, 0.2) is 0 Å². The molecule has 1 aromatic rings. The van der Waals surface area contributed by atoms with Gasteiger partial charge in [-0.25, -0.2) is 0 Å². The lowest BCUT2D eigenvalue weighted by molar-refractivity contribution is 0.311. The summed E-state index contributed by atoms with van der Waals surface area (Å²) in [5.41, 5.74) is 7.26. The van der Waals surface area contributed by atoms with E-state index in [1.165, 1.54) is 0 Å². The second-order valence-electron chi connectivity index (χ2n) is 2.57. The van der Waals surface area contributed by atoms with Gasteiger partial charge in [0, 0.05) is 12.2 Å². The molecule has 0 fully saturated rings. The Morgan fingerprint density at radius 2 is 2.31 bits per heavy atom. The minimum absolute atomic E-state index is 0.0369. The van der Waals surface area contributed by atoms with Crippen LogP contribution in [0, 0.1) is 11.3 Å². The van der Waals surface area contributed by atoms with Gasteiger partial charge in [0.2, 0.25) is 0 Å². The summed E-state index contributed by atoms with van der Waals surface area (Å²) < 4.78 is 0. The topological polar surface area (TPSA) is 82.1 Å². The summed E-state index contributed by atoms with van der Waals surface area (Å²) >= 11 is 0. The molecular formula is C9H11N3O. The fraction of sp³-hybridized carbons (Fsp3) is 0.222. The third-order valence-electron chi connectivity index (χ3n) is 1.59. The van der Waals surface area contributed by atoms with E-state index in [1.807, 2.05) is 6.07 Å². The third-order valence-corrected chi connectivity index (χ3v) is 1.59. The van der Waals surface area contributed by atoms with Gasteiger partial charge in [-0.2, -0.15) is 5.26 Å². The van der Waals surface area contributed by atoms with E-state index >= 15 is 0 Å². The first-order valence-corrected chi connectivity index (χ1v) is 3.92. The number of aliphatic hydroxyl groups is 1. The molecule has 0 saturated heterocycles. The van der Waals surface area contributed by atoms with E-state index in [2.05, 4.69) is 5.32 Å². The Labute approximate surface area is 76.6 Å². The van der Waals surface area contributed by atoms with Gasteiger partial charge in [0.05, 0.1) is 17.9 Å². The zero-order valence-corrected chi connectivity index (χ0v) is 7.12. The summed E-state index contributed by atoms with van der Waals surface area (Å²) in [5.74, 6) is 0. The molecule has 0 spiro atoms. The Hall–Kier alpha value is -1.73. The largest absolute Gasteiger partial charge is 0.399 e. The second-order valence-corrected chi connectivity index (χ2v) is 2.57. The molecule has 1 rings (SSSR count). The van der Waals surface area contributed by atoms with Gasteiger partial charge in [-0.15, -0.1) is 0 Å². The Bertz CT molecular complexity index is 330. The predicted octanol–water partition coefficient (Wildman–Crippen LogP) is 0.545. The first kappa shape index (κ1) is 9.36. The number of nitrogen functional groups attached to an aromatic ring is 1. The van der Waals surface area contributed by atoms with Crippen molar-refractivity contribution in [1.82, 2.24) is 0 Å². The van der Waals surface area contributed by atoms with Crippen molar-refractivity contribution in [3.63, 3.8) is 0 Å². The molecule has 13 heavy (non-hydrogen) atoms. The molecule has 4 heteroatoms. The number of aliphatic hydroxyl groups excluding tert-OH is 1. The van der Waals surface area contributed by atoms with Crippen molar-refractivity contribution in [1.29, 1.82) is 5.26 Å². The van der Waals surface area contributed by atoms with Crippen molar-refractivity contribution in [3.05, 3.63) is 23.8 Å². The minimum Gasteiger partial charge on any atom is -0.399 e. The molecule has 0 saturated carbocycles. The van der Waals surface area contributed by atoms with Crippen LogP contribution < -0.4 is 11.1 Å². The van der Waals surface area contributed by atoms with Crippen LogP contribution in [0.2, 0.25) is 0 Å². The first-order chi connectivity index (χ1) is 6.27. The van der Waals surface area contributed by atoms with E-state index in [1.54, 1.807) is 18.2 Å². The highest BCUT2D eigenvalue weighted by Gasteiger charge is 2.00. The van der Waals surface area contributed by atoms with E-state index in [-0.39, 0.29) is 6.61 Å². The third kappa shape index (κ3) is 2.36. The summed E-state index contributed by atoms with van der Waals surface area (Å²) in [7, 11) is 0. The molecule has 1 aromatic carbocycles. The number of nitrogens with one attached hydrogen (secondary N) is 1. The predicted molar refractivity (Wildman–Crippen MR) is 51.1 cm³/mol. The summed E-state index contributed by atoms with van der Waals surface area (Å²) in [6.45, 7) is 0.466. The maximum absolute atomic E-state index is 8.73. The van der Waals surface area contributed by atoms with Crippen LogP contribution in [0.5, 0.6) is 0 Å². The Balaban J connectivity index is 2.88. The number of nitrogens with zero attached hydrogens (tertiary/aromatic N) is 1. The van der Waals surface area contributed by atoms with E-state index in [4.69, 9.17) is 16.1 Å². The lowest BCUT2D eigenvalue weighted by Crippen LogP contribution is -2.06. The molecule has 4 N–H and O–H groups in total. The lowest BCUT2D eigenvalue weighted by Gasteiger charge is -2.06. The number of nitriles is 1. The van der Waals surface area contributed by atoms with Crippen molar-refractivity contribution in [3.8, 4) is 6.07 Å². The van der Waals surface area contributed by atoms with Crippen molar-refractivity contribution in [2.75, 3.05) is 24.2 Å². The molecule has 0 aliphatic rings. The van der Waals surface area contributed by atoms with Crippen LogP contribution in [0.4, 0.5) is 11.4 Å². The highest BCUT2D eigenvalue weighted by atomic mass is 16.3. The molecule has 0 bridgehead atoms. The van der Waals surface area contributed by atoms with Crippen LogP contribution in [0.3, 0.4) is 0 Å². The van der Waals surface area contributed by atoms with Gasteiger partial charge in [0.1, 0.15) is 6.07 Å². The molecule has 0 radical (unpaired) electrons. The SMILES string of the molecule is N#Cc1cc(N)ccc1NCCO. The van der Waals surface area contributed by atoms with Crippen LogP contribution in [0.1, 0.15) is 5.56 Å². The van der Waals surface area contributed by atoms with Gasteiger partial charge in [-0.05, 0) is 18.2 Å². The number of anilines is 2. The summed E-state index contributed by atoms with van der Waals surface area (Å²) in [4.78, 5) is 0. The normalized spacial score (nSPS) is 9.23. The van der Waals surface area contributed by atoms with E-state index < -0.39 is 0 Å². The molecule has 0 atom stereocenters. The van der Waals surface area contributed by atoms with Crippen LogP contribution in [-0.2, 0) is 0 Å². The second kappa shape index (κ2) is 4.33. The van der Waals surface area contributed by atoms with E-state index in [9.17, 15) is 0 Å². The van der Waals surface area contributed by atoms with Crippen molar-refractivity contribution >= 4 is 11.4 Å². The quantitative estimate of drug-likeness (QED) is 0.589. The molecule has 0 aliphatic heterocycles. The van der Waals surface area contributed by atoms with Crippen molar-refractivity contribution in [2.24, 2.45) is 0 Å². The van der Waals surface area contributed by atoms with Gasteiger partial charge in [-0.1, -0.05) is 0 Å². The monoisotopic (exact) mass is 177 g/mol. The van der Waals surface area contributed by atoms with Gasteiger partial charge >= 0.3 is 0 Å². The van der Waals surface area contributed by atoms with Gasteiger partial charge in [0.25, 0.3) is 0 Å². The molecular weight excluding hydrogens is 166 g/mol. The average Bonchev–Trinajstić information content (AvgIpc) is 2.16. The number of rotatable bonds is 3. The Morgan fingerprint density at radius 1 is 1.54 bits per heavy atom. The average molecular weight is 177 g/mol. The lowest BCUT2D eigenvalue weighted by atomic mass is 10.2. The minimum atomic E-state index is 0.0369. The fourth-order valence-electron chi connectivity index (χ4n) is 0.999. The highest BCUT2D eigenvalue weighted by molar-refractivity contribution is 5.62. The number of hydrogen-bond acceptors (Lipinski definition) is 4. The smallest absolute Gasteiger partial charge is 0.101 e. The zero-order valence-electron chi connectivity index (χ0n) is 7.12. The maximum Gasteiger partial charge on any atom is 0.101 e. The van der Waals surface area contributed by atoms with Gasteiger partial charge in [-0.3, -0.25) is 0 Å². The van der Waals surface area contributed by atoms with Crippen LogP contribution in [0.15, 0.2) is 18.2 Å². The molecule has 0 unspecified atom stereocenters. The van der Waals surface area contributed by atoms with Crippen LogP contribution in [-0.4, -0.2) is 18.3 Å². The molecule has 0 aromatic heterocycles. The van der Waals surface area contributed by atoms with Crippen LogP contribution >= 0.6 is 0 Å². The molecule has 0 heterocycles. The zero-order chi connectivity index (χ0) is 9.68.